The lowest BCUT2D eigenvalue weighted by Crippen LogP contribution is -2.49. The van der Waals surface area contributed by atoms with Gasteiger partial charge in [0.25, 0.3) is 0 Å². The van der Waals surface area contributed by atoms with E-state index < -0.39 is 0 Å². The van der Waals surface area contributed by atoms with Gasteiger partial charge < -0.3 is 19.7 Å². The maximum Gasteiger partial charge on any atom is 0.187 e. The summed E-state index contributed by atoms with van der Waals surface area (Å²) in [7, 11) is 0. The summed E-state index contributed by atoms with van der Waals surface area (Å²) in [5, 5.41) is 3.43. The molecule has 1 fully saturated rings. The average molecular weight is 249 g/mol. The Kier molecular flexibility index (Phi) is 3.01. The Labute approximate surface area is 107 Å². The van der Waals surface area contributed by atoms with E-state index in [1.54, 1.807) is 0 Å². The second-order valence-corrected chi connectivity index (χ2v) is 4.87. The molecule has 1 aromatic carbocycles. The summed E-state index contributed by atoms with van der Waals surface area (Å²) < 4.78 is 11.3. The molecule has 0 aliphatic carbocycles. The number of benzene rings is 1. The van der Waals surface area contributed by atoms with Crippen LogP contribution in [0.5, 0.6) is 11.5 Å². The number of nitrogens with one attached hydrogen (secondary N) is 1. The van der Waals surface area contributed by atoms with E-state index in [0.717, 1.165) is 36.8 Å². The zero-order valence-corrected chi connectivity index (χ0v) is 10.6. The number of anilines is 1. The zero-order valence-electron chi connectivity index (χ0n) is 10.6. The lowest BCUT2D eigenvalue weighted by atomic mass is 10.1. The maximum absolute atomic E-state index is 5.80. The fourth-order valence-electron chi connectivity index (χ4n) is 2.49. The fourth-order valence-corrected chi connectivity index (χ4v) is 2.49. The molecule has 3 N–H and O–H groups in total. The molecule has 0 saturated carbocycles. The highest BCUT2D eigenvalue weighted by Gasteiger charge is 2.25. The van der Waals surface area contributed by atoms with Crippen LogP contribution in [0.1, 0.15) is 6.92 Å². The lowest BCUT2D eigenvalue weighted by Gasteiger charge is -2.36. The van der Waals surface area contributed by atoms with Crippen LogP contribution >= 0.6 is 0 Å². The van der Waals surface area contributed by atoms with Crippen LogP contribution in [0.3, 0.4) is 0 Å². The molecule has 5 nitrogen and oxygen atoms in total. The first-order valence-corrected chi connectivity index (χ1v) is 6.40. The van der Waals surface area contributed by atoms with Gasteiger partial charge in [0.2, 0.25) is 0 Å². The van der Waals surface area contributed by atoms with Crippen molar-refractivity contribution in [2.24, 2.45) is 5.73 Å². The SMILES string of the molecule is CC1CN(c2cccc3c2OC(N)CO3)CCN1. The Morgan fingerprint density at radius 1 is 1.44 bits per heavy atom. The first-order valence-electron chi connectivity index (χ1n) is 6.40. The average Bonchev–Trinajstić information content (AvgIpc) is 2.38. The van der Waals surface area contributed by atoms with E-state index >= 15 is 0 Å². The number of hydrogen-bond acceptors (Lipinski definition) is 5. The minimum atomic E-state index is -0.376. The number of rotatable bonds is 1. The number of hydrogen-bond donors (Lipinski definition) is 2. The van der Waals surface area contributed by atoms with Crippen molar-refractivity contribution in [3.8, 4) is 11.5 Å². The summed E-state index contributed by atoms with van der Waals surface area (Å²) in [6.07, 6.45) is -0.376. The third-order valence-electron chi connectivity index (χ3n) is 3.34. The zero-order chi connectivity index (χ0) is 12.5. The van der Waals surface area contributed by atoms with E-state index in [4.69, 9.17) is 15.2 Å². The quantitative estimate of drug-likeness (QED) is 0.761. The number of nitrogens with two attached hydrogens (primary N) is 1. The highest BCUT2D eigenvalue weighted by molar-refractivity contribution is 5.65. The van der Waals surface area contributed by atoms with Crippen molar-refractivity contribution < 1.29 is 9.47 Å². The van der Waals surface area contributed by atoms with E-state index in [9.17, 15) is 0 Å². The van der Waals surface area contributed by atoms with Crippen LogP contribution in [-0.2, 0) is 0 Å². The Balaban J connectivity index is 1.92. The van der Waals surface area contributed by atoms with E-state index in [-0.39, 0.29) is 6.23 Å². The lowest BCUT2D eigenvalue weighted by molar-refractivity contribution is 0.0962. The van der Waals surface area contributed by atoms with Gasteiger partial charge in [0.1, 0.15) is 6.61 Å². The molecule has 2 atom stereocenters. The number of ether oxygens (including phenoxy) is 2. The molecular weight excluding hydrogens is 230 g/mol. The number of piperazine rings is 1. The normalized spacial score (nSPS) is 27.1. The predicted molar refractivity (Wildman–Crippen MR) is 70.2 cm³/mol. The Bertz CT molecular complexity index is 438. The van der Waals surface area contributed by atoms with Gasteiger partial charge in [-0.3, -0.25) is 5.73 Å². The van der Waals surface area contributed by atoms with E-state index in [1.165, 1.54) is 0 Å². The summed E-state index contributed by atoms with van der Waals surface area (Å²) >= 11 is 0. The van der Waals surface area contributed by atoms with E-state index in [2.05, 4.69) is 23.2 Å². The summed E-state index contributed by atoms with van der Waals surface area (Å²) in [6.45, 7) is 5.52. The number of fused-ring (bicyclic) bond motifs is 1. The Morgan fingerprint density at radius 2 is 2.33 bits per heavy atom. The summed E-state index contributed by atoms with van der Waals surface area (Å²) in [4.78, 5) is 2.32. The minimum Gasteiger partial charge on any atom is -0.484 e. The molecule has 3 rings (SSSR count). The highest BCUT2D eigenvalue weighted by atomic mass is 16.6. The fraction of sp³-hybridized carbons (Fsp3) is 0.538. The van der Waals surface area contributed by atoms with Crippen molar-refractivity contribution >= 4 is 5.69 Å². The molecule has 0 bridgehead atoms. The number of para-hydroxylation sites is 1. The van der Waals surface area contributed by atoms with E-state index in [1.807, 2.05) is 12.1 Å². The second kappa shape index (κ2) is 4.66. The van der Waals surface area contributed by atoms with Gasteiger partial charge >= 0.3 is 0 Å². The van der Waals surface area contributed by atoms with Gasteiger partial charge in [-0.05, 0) is 19.1 Å². The highest BCUT2D eigenvalue weighted by Crippen LogP contribution is 2.40. The monoisotopic (exact) mass is 249 g/mol. The smallest absolute Gasteiger partial charge is 0.187 e. The molecule has 0 spiro atoms. The maximum atomic E-state index is 5.80. The predicted octanol–water partition coefficient (Wildman–Crippen LogP) is 0.541. The van der Waals surface area contributed by atoms with Crippen molar-refractivity contribution in [3.63, 3.8) is 0 Å². The topological polar surface area (TPSA) is 59.8 Å². The van der Waals surface area contributed by atoms with Gasteiger partial charge in [0, 0.05) is 25.7 Å². The molecule has 2 heterocycles. The molecule has 2 unspecified atom stereocenters. The van der Waals surface area contributed by atoms with Gasteiger partial charge in [0.15, 0.2) is 17.7 Å². The van der Waals surface area contributed by atoms with Crippen LogP contribution in [0.4, 0.5) is 5.69 Å². The van der Waals surface area contributed by atoms with Crippen molar-refractivity contribution in [1.29, 1.82) is 0 Å². The molecule has 2 aliphatic heterocycles. The van der Waals surface area contributed by atoms with Gasteiger partial charge in [0.05, 0.1) is 5.69 Å². The van der Waals surface area contributed by atoms with Gasteiger partial charge in [-0.1, -0.05) is 6.07 Å². The summed E-state index contributed by atoms with van der Waals surface area (Å²) in [5.74, 6) is 1.57. The molecule has 5 heteroatoms. The van der Waals surface area contributed by atoms with Crippen LogP contribution < -0.4 is 25.4 Å². The van der Waals surface area contributed by atoms with Crippen LogP contribution in [0.2, 0.25) is 0 Å². The Morgan fingerprint density at radius 3 is 3.17 bits per heavy atom. The molecule has 1 saturated heterocycles. The summed E-state index contributed by atoms with van der Waals surface area (Å²) in [5.41, 5.74) is 6.88. The summed E-state index contributed by atoms with van der Waals surface area (Å²) in [6, 6.07) is 6.48. The molecule has 1 aromatic rings. The van der Waals surface area contributed by atoms with Crippen LogP contribution in [0.15, 0.2) is 18.2 Å². The molecule has 18 heavy (non-hydrogen) atoms. The Hall–Kier alpha value is -1.46. The number of nitrogens with zero attached hydrogens (tertiary/aromatic N) is 1. The third kappa shape index (κ3) is 2.11. The largest absolute Gasteiger partial charge is 0.484 e. The van der Waals surface area contributed by atoms with Gasteiger partial charge in [-0.2, -0.15) is 0 Å². The molecule has 98 valence electrons. The third-order valence-corrected chi connectivity index (χ3v) is 3.34. The first-order chi connectivity index (χ1) is 8.74. The van der Waals surface area contributed by atoms with Crippen LogP contribution in [0.25, 0.3) is 0 Å². The van der Waals surface area contributed by atoms with Crippen LogP contribution in [-0.4, -0.2) is 38.5 Å². The van der Waals surface area contributed by atoms with Crippen molar-refractivity contribution in [3.05, 3.63) is 18.2 Å². The second-order valence-electron chi connectivity index (χ2n) is 4.87. The van der Waals surface area contributed by atoms with Gasteiger partial charge in [-0.25, -0.2) is 0 Å². The van der Waals surface area contributed by atoms with Gasteiger partial charge in [-0.15, -0.1) is 0 Å². The standard InChI is InChI=1S/C13H19N3O2/c1-9-7-16(6-5-15-9)10-3-2-4-11-13(10)18-12(14)8-17-11/h2-4,9,12,15H,5-8,14H2,1H3. The first kappa shape index (κ1) is 11.6. The molecule has 0 amide bonds. The van der Waals surface area contributed by atoms with Crippen molar-refractivity contribution in [2.75, 3.05) is 31.1 Å². The molecule has 2 aliphatic rings. The minimum absolute atomic E-state index is 0.376. The molecule has 0 aromatic heterocycles. The molecular formula is C13H19N3O2. The van der Waals surface area contributed by atoms with Crippen molar-refractivity contribution in [2.45, 2.75) is 19.2 Å². The van der Waals surface area contributed by atoms with E-state index in [0.29, 0.717) is 12.6 Å². The van der Waals surface area contributed by atoms with Crippen molar-refractivity contribution in [1.82, 2.24) is 5.32 Å². The van der Waals surface area contributed by atoms with Crippen LogP contribution in [0, 0.1) is 0 Å². The molecule has 0 radical (unpaired) electrons.